The molecule has 2 aromatic carbocycles. The molecule has 0 fully saturated rings. The van der Waals surface area contributed by atoms with Gasteiger partial charge in [0.15, 0.2) is 0 Å². The lowest BCUT2D eigenvalue weighted by Crippen LogP contribution is -2.41. The SMILES string of the molecule is CCC(=O)NC(C(=O)N[C@@H](C)c1cc(Cl)ccc1Br)c1ccccc1. The van der Waals surface area contributed by atoms with E-state index in [1.807, 2.05) is 43.3 Å². The quantitative estimate of drug-likeness (QED) is 0.716. The maximum atomic E-state index is 12.8. The van der Waals surface area contributed by atoms with Crippen LogP contribution in [0.1, 0.15) is 43.5 Å². The Kier molecular flexibility index (Phi) is 7.02. The van der Waals surface area contributed by atoms with Crippen LogP contribution in [-0.2, 0) is 9.59 Å². The Balaban J connectivity index is 2.21. The topological polar surface area (TPSA) is 58.2 Å². The fourth-order valence-corrected chi connectivity index (χ4v) is 3.20. The molecule has 2 aromatic rings. The summed E-state index contributed by atoms with van der Waals surface area (Å²) < 4.78 is 0.860. The molecule has 0 bridgehead atoms. The molecule has 132 valence electrons. The predicted molar refractivity (Wildman–Crippen MR) is 103 cm³/mol. The van der Waals surface area contributed by atoms with Crippen molar-refractivity contribution < 1.29 is 9.59 Å². The van der Waals surface area contributed by atoms with Gasteiger partial charge in [0.25, 0.3) is 0 Å². The third kappa shape index (κ3) is 5.31. The monoisotopic (exact) mass is 422 g/mol. The van der Waals surface area contributed by atoms with Gasteiger partial charge in [-0.05, 0) is 36.2 Å². The van der Waals surface area contributed by atoms with Crippen molar-refractivity contribution in [1.82, 2.24) is 10.6 Å². The van der Waals surface area contributed by atoms with Crippen molar-refractivity contribution >= 4 is 39.3 Å². The van der Waals surface area contributed by atoms with Crippen molar-refractivity contribution in [2.75, 3.05) is 0 Å². The van der Waals surface area contributed by atoms with E-state index in [0.29, 0.717) is 11.4 Å². The van der Waals surface area contributed by atoms with E-state index in [-0.39, 0.29) is 17.9 Å². The van der Waals surface area contributed by atoms with E-state index < -0.39 is 6.04 Å². The molecule has 0 saturated heterocycles. The summed E-state index contributed by atoms with van der Waals surface area (Å²) in [6.45, 7) is 3.62. The number of nitrogens with one attached hydrogen (secondary N) is 2. The Morgan fingerprint density at radius 2 is 1.80 bits per heavy atom. The molecule has 2 atom stereocenters. The van der Waals surface area contributed by atoms with Gasteiger partial charge in [-0.1, -0.05) is 64.8 Å². The standard InChI is InChI=1S/C19H20BrClN2O2/c1-3-17(24)23-18(13-7-5-4-6-8-13)19(25)22-12(2)15-11-14(21)9-10-16(15)20/h4-12,18H,3H2,1-2H3,(H,22,25)(H,23,24)/t12-,18?/m0/s1. The van der Waals surface area contributed by atoms with Crippen molar-refractivity contribution in [3.05, 3.63) is 69.2 Å². The number of hydrogen-bond acceptors (Lipinski definition) is 2. The molecule has 0 aliphatic heterocycles. The molecule has 0 saturated carbocycles. The number of carbonyl (C=O) groups is 2. The summed E-state index contributed by atoms with van der Waals surface area (Å²) in [6.07, 6.45) is 0.312. The smallest absolute Gasteiger partial charge is 0.247 e. The number of carbonyl (C=O) groups excluding carboxylic acids is 2. The summed E-state index contributed by atoms with van der Waals surface area (Å²) in [7, 11) is 0. The predicted octanol–water partition coefficient (Wildman–Crippen LogP) is 4.55. The van der Waals surface area contributed by atoms with Crippen molar-refractivity contribution in [1.29, 1.82) is 0 Å². The maximum Gasteiger partial charge on any atom is 0.247 e. The molecule has 0 spiro atoms. The molecule has 6 heteroatoms. The summed E-state index contributed by atoms with van der Waals surface area (Å²) in [4.78, 5) is 24.6. The maximum absolute atomic E-state index is 12.8. The number of halogens is 2. The number of amides is 2. The lowest BCUT2D eigenvalue weighted by atomic mass is 10.0. The van der Waals surface area contributed by atoms with E-state index >= 15 is 0 Å². The largest absolute Gasteiger partial charge is 0.347 e. The molecular weight excluding hydrogens is 404 g/mol. The van der Waals surface area contributed by atoms with Crippen LogP contribution in [0.15, 0.2) is 53.0 Å². The van der Waals surface area contributed by atoms with Gasteiger partial charge in [0, 0.05) is 15.9 Å². The highest BCUT2D eigenvalue weighted by molar-refractivity contribution is 9.10. The minimum absolute atomic E-state index is 0.180. The van der Waals surface area contributed by atoms with Crippen LogP contribution in [0.3, 0.4) is 0 Å². The summed E-state index contributed by atoms with van der Waals surface area (Å²) in [5.74, 6) is -0.451. The van der Waals surface area contributed by atoms with Gasteiger partial charge in [0.2, 0.25) is 11.8 Å². The molecule has 0 aliphatic carbocycles. The third-order valence-corrected chi connectivity index (χ3v) is 4.76. The molecular formula is C19H20BrClN2O2. The Bertz CT molecular complexity index is 752. The van der Waals surface area contributed by atoms with Gasteiger partial charge in [-0.25, -0.2) is 0 Å². The molecule has 2 rings (SSSR count). The normalized spacial score (nSPS) is 13.0. The van der Waals surface area contributed by atoms with Gasteiger partial charge in [-0.15, -0.1) is 0 Å². The second kappa shape index (κ2) is 9.02. The molecule has 0 aliphatic rings. The lowest BCUT2D eigenvalue weighted by Gasteiger charge is -2.22. The average molecular weight is 424 g/mol. The van der Waals surface area contributed by atoms with E-state index in [2.05, 4.69) is 26.6 Å². The first-order valence-corrected chi connectivity index (χ1v) is 9.19. The molecule has 2 amide bonds. The van der Waals surface area contributed by atoms with Gasteiger partial charge >= 0.3 is 0 Å². The zero-order valence-corrected chi connectivity index (χ0v) is 16.4. The van der Waals surface area contributed by atoms with Gasteiger partial charge < -0.3 is 10.6 Å². The highest BCUT2D eigenvalue weighted by Crippen LogP contribution is 2.27. The second-order valence-corrected chi connectivity index (χ2v) is 6.95. The number of benzene rings is 2. The van der Waals surface area contributed by atoms with Crippen molar-refractivity contribution in [3.8, 4) is 0 Å². The molecule has 0 radical (unpaired) electrons. The van der Waals surface area contributed by atoms with Crippen LogP contribution >= 0.6 is 27.5 Å². The summed E-state index contributed by atoms with van der Waals surface area (Å²) >= 11 is 9.53. The van der Waals surface area contributed by atoms with E-state index in [9.17, 15) is 9.59 Å². The van der Waals surface area contributed by atoms with E-state index in [0.717, 1.165) is 15.6 Å². The van der Waals surface area contributed by atoms with Crippen molar-refractivity contribution in [2.45, 2.75) is 32.4 Å². The van der Waals surface area contributed by atoms with Gasteiger partial charge in [-0.2, -0.15) is 0 Å². The first-order valence-electron chi connectivity index (χ1n) is 8.02. The molecule has 4 nitrogen and oxygen atoms in total. The Morgan fingerprint density at radius 1 is 1.12 bits per heavy atom. The van der Waals surface area contributed by atoms with Crippen LogP contribution in [0.4, 0.5) is 0 Å². The fourth-order valence-electron chi connectivity index (χ4n) is 2.43. The third-order valence-electron chi connectivity index (χ3n) is 3.80. The van der Waals surface area contributed by atoms with Crippen LogP contribution < -0.4 is 10.6 Å². The van der Waals surface area contributed by atoms with Gasteiger partial charge in [0.1, 0.15) is 6.04 Å². The first kappa shape index (κ1) is 19.5. The van der Waals surface area contributed by atoms with Crippen LogP contribution in [-0.4, -0.2) is 11.8 Å². The summed E-state index contributed by atoms with van der Waals surface area (Å²) in [5.41, 5.74) is 1.61. The van der Waals surface area contributed by atoms with E-state index in [1.165, 1.54) is 0 Å². The molecule has 1 unspecified atom stereocenters. The van der Waals surface area contributed by atoms with E-state index in [1.54, 1.807) is 19.1 Å². The average Bonchev–Trinajstić information content (AvgIpc) is 2.61. The van der Waals surface area contributed by atoms with Crippen LogP contribution in [0, 0.1) is 0 Å². The van der Waals surface area contributed by atoms with Crippen molar-refractivity contribution in [2.24, 2.45) is 0 Å². The lowest BCUT2D eigenvalue weighted by molar-refractivity contribution is -0.129. The Hall–Kier alpha value is -1.85. The summed E-state index contributed by atoms with van der Waals surface area (Å²) in [5, 5.41) is 6.32. The van der Waals surface area contributed by atoms with Gasteiger partial charge in [-0.3, -0.25) is 9.59 Å². The zero-order chi connectivity index (χ0) is 18.4. The minimum atomic E-state index is -0.742. The molecule has 0 heterocycles. The first-order chi connectivity index (χ1) is 11.9. The second-order valence-electron chi connectivity index (χ2n) is 5.66. The molecule has 2 N–H and O–H groups in total. The number of rotatable bonds is 6. The fraction of sp³-hybridized carbons (Fsp3) is 0.263. The van der Waals surface area contributed by atoms with Crippen LogP contribution in [0.5, 0.6) is 0 Å². The Labute approximate surface area is 161 Å². The summed E-state index contributed by atoms with van der Waals surface area (Å²) in [6, 6.07) is 13.6. The van der Waals surface area contributed by atoms with E-state index in [4.69, 9.17) is 11.6 Å². The highest BCUT2D eigenvalue weighted by atomic mass is 79.9. The molecule has 25 heavy (non-hydrogen) atoms. The Morgan fingerprint density at radius 3 is 2.44 bits per heavy atom. The number of hydrogen-bond donors (Lipinski definition) is 2. The van der Waals surface area contributed by atoms with Gasteiger partial charge in [0.05, 0.1) is 6.04 Å². The molecule has 0 aromatic heterocycles. The van der Waals surface area contributed by atoms with Crippen LogP contribution in [0.2, 0.25) is 5.02 Å². The van der Waals surface area contributed by atoms with Crippen molar-refractivity contribution in [3.63, 3.8) is 0 Å². The zero-order valence-electron chi connectivity index (χ0n) is 14.1. The van der Waals surface area contributed by atoms with Crippen LogP contribution in [0.25, 0.3) is 0 Å². The highest BCUT2D eigenvalue weighted by Gasteiger charge is 2.24. The minimum Gasteiger partial charge on any atom is -0.347 e.